The Hall–Kier alpha value is -5.62. The predicted octanol–water partition coefficient (Wildman–Crippen LogP) is 7.81. The molecule has 1 fully saturated rings. The summed E-state index contributed by atoms with van der Waals surface area (Å²) in [6.07, 6.45) is 1.78. The van der Waals surface area contributed by atoms with Crippen LogP contribution in [0.5, 0.6) is 23.0 Å². The molecule has 2 heterocycles. The number of carbonyl (C=O) groups is 3. The summed E-state index contributed by atoms with van der Waals surface area (Å²) in [6, 6.07) is 21.2. The fourth-order valence-corrected chi connectivity index (χ4v) is 6.79. The Morgan fingerprint density at radius 3 is 2.48 bits per heavy atom. The maximum atomic E-state index is 15.6. The molecule has 2 aliphatic rings. The number of hydrogen-bond acceptors (Lipinski definition) is 8. The van der Waals surface area contributed by atoms with Crippen LogP contribution in [0.1, 0.15) is 54.1 Å². The van der Waals surface area contributed by atoms with Gasteiger partial charge in [0.25, 0.3) is 0 Å². The van der Waals surface area contributed by atoms with Crippen LogP contribution in [0.3, 0.4) is 0 Å². The van der Waals surface area contributed by atoms with E-state index in [4.69, 9.17) is 23.7 Å². The van der Waals surface area contributed by atoms with Gasteiger partial charge in [0.05, 0.1) is 37.8 Å². The number of nitrogens with zero attached hydrogens (tertiary/aromatic N) is 1. The van der Waals surface area contributed by atoms with Crippen LogP contribution in [-0.2, 0) is 26.2 Å². The molecule has 2 atom stereocenters. The van der Waals surface area contributed by atoms with E-state index in [0.29, 0.717) is 52.5 Å². The minimum absolute atomic E-state index is 0.104. The lowest BCUT2D eigenvalue weighted by Crippen LogP contribution is -2.52. The Bertz CT molecular complexity index is 1940. The Morgan fingerprint density at radius 1 is 0.981 bits per heavy atom. The third kappa shape index (κ3) is 7.97. The third-order valence-corrected chi connectivity index (χ3v) is 9.52. The lowest BCUT2D eigenvalue weighted by atomic mass is 9.79. The van der Waals surface area contributed by atoms with Gasteiger partial charge < -0.3 is 34.1 Å². The number of ether oxygens (including phenoxy) is 5. The molecule has 52 heavy (non-hydrogen) atoms. The molecular weight excluding hydrogens is 671 g/mol. The molecule has 0 aliphatic carbocycles. The second-order valence-corrected chi connectivity index (χ2v) is 13.0. The number of rotatable bonds is 11. The molecule has 6 rings (SSSR count). The van der Waals surface area contributed by atoms with Crippen LogP contribution in [-0.4, -0.2) is 68.1 Å². The second-order valence-electron chi connectivity index (χ2n) is 13.0. The van der Waals surface area contributed by atoms with Gasteiger partial charge in [-0.25, -0.2) is 14.0 Å². The first kappa shape index (κ1) is 36.2. The van der Waals surface area contributed by atoms with Crippen molar-refractivity contribution in [2.24, 2.45) is 0 Å². The summed E-state index contributed by atoms with van der Waals surface area (Å²) in [5, 5.41) is 13.2. The van der Waals surface area contributed by atoms with Crippen molar-refractivity contribution in [3.05, 3.63) is 101 Å². The van der Waals surface area contributed by atoms with Crippen molar-refractivity contribution in [3.63, 3.8) is 0 Å². The van der Waals surface area contributed by atoms with Gasteiger partial charge in [-0.1, -0.05) is 18.2 Å². The first-order chi connectivity index (χ1) is 25.1. The molecular formula is C40H41FN2O9. The predicted molar refractivity (Wildman–Crippen MR) is 191 cm³/mol. The topological polar surface area (TPSA) is 133 Å². The Kier molecular flexibility index (Phi) is 10.9. The van der Waals surface area contributed by atoms with Gasteiger partial charge in [-0.3, -0.25) is 9.69 Å². The highest BCUT2D eigenvalue weighted by Crippen LogP contribution is 2.45. The molecule has 0 spiro atoms. The summed E-state index contributed by atoms with van der Waals surface area (Å²) in [4.78, 5) is 39.3. The quantitative estimate of drug-likeness (QED) is 0.150. The molecule has 4 aromatic rings. The highest BCUT2D eigenvalue weighted by atomic mass is 19.1. The van der Waals surface area contributed by atoms with Gasteiger partial charge in [0.15, 0.2) is 11.5 Å². The van der Waals surface area contributed by atoms with Crippen LogP contribution in [0.25, 0.3) is 11.1 Å². The fourth-order valence-electron chi connectivity index (χ4n) is 6.79. The monoisotopic (exact) mass is 712 g/mol. The van der Waals surface area contributed by atoms with Crippen molar-refractivity contribution in [2.75, 3.05) is 39.3 Å². The van der Waals surface area contributed by atoms with E-state index in [2.05, 4.69) is 5.32 Å². The molecule has 12 heteroatoms. The minimum atomic E-state index is -1.29. The number of carbonyl (C=O) groups excluding carboxylic acids is 2. The summed E-state index contributed by atoms with van der Waals surface area (Å²) < 4.78 is 44.1. The van der Waals surface area contributed by atoms with Gasteiger partial charge in [0.1, 0.15) is 23.9 Å². The maximum absolute atomic E-state index is 15.6. The first-order valence-electron chi connectivity index (χ1n) is 17.1. The molecule has 1 unspecified atom stereocenters. The maximum Gasteiger partial charge on any atom is 0.408 e. The molecule has 0 bridgehead atoms. The molecule has 2 N–H and O–H groups in total. The van der Waals surface area contributed by atoms with Crippen LogP contribution >= 0.6 is 0 Å². The van der Waals surface area contributed by atoms with Crippen molar-refractivity contribution in [1.29, 1.82) is 0 Å². The van der Waals surface area contributed by atoms with Crippen molar-refractivity contribution >= 4 is 23.7 Å². The van der Waals surface area contributed by atoms with E-state index in [-0.39, 0.29) is 37.2 Å². The number of benzene rings is 4. The molecule has 4 aromatic carbocycles. The van der Waals surface area contributed by atoms with Crippen molar-refractivity contribution < 1.29 is 47.6 Å². The molecule has 0 radical (unpaired) electrons. The van der Waals surface area contributed by atoms with Gasteiger partial charge in [0, 0.05) is 36.5 Å². The molecule has 2 amide bonds. The molecule has 1 saturated heterocycles. The van der Waals surface area contributed by atoms with Crippen LogP contribution in [0.2, 0.25) is 0 Å². The van der Waals surface area contributed by atoms with Gasteiger partial charge in [-0.2, -0.15) is 0 Å². The Balaban J connectivity index is 1.33. The molecule has 2 aliphatic heterocycles. The highest BCUT2D eigenvalue weighted by molar-refractivity contribution is 5.92. The fraction of sp³-hybridized carbons (Fsp3) is 0.325. The number of carboxylic acid groups (broad SMARTS) is 1. The summed E-state index contributed by atoms with van der Waals surface area (Å²) in [7, 11) is 2.82. The van der Waals surface area contributed by atoms with E-state index in [1.807, 2.05) is 6.07 Å². The zero-order valence-corrected chi connectivity index (χ0v) is 29.3. The summed E-state index contributed by atoms with van der Waals surface area (Å²) >= 11 is 0. The van der Waals surface area contributed by atoms with E-state index in [9.17, 15) is 19.5 Å². The number of methoxy groups -OCH3 is 2. The van der Waals surface area contributed by atoms with Crippen LogP contribution in [0, 0.1) is 5.82 Å². The Labute approximate surface area is 301 Å². The Morgan fingerprint density at radius 2 is 1.79 bits per heavy atom. The van der Waals surface area contributed by atoms with E-state index in [1.54, 1.807) is 73.7 Å². The molecule has 0 saturated carbocycles. The number of nitrogens with one attached hydrogen (secondary N) is 1. The molecule has 272 valence electrons. The number of anilines is 1. The van der Waals surface area contributed by atoms with E-state index < -0.39 is 29.3 Å². The van der Waals surface area contributed by atoms with Crippen LogP contribution in [0.15, 0.2) is 78.9 Å². The average molecular weight is 713 g/mol. The van der Waals surface area contributed by atoms with E-state index >= 15 is 4.39 Å². The van der Waals surface area contributed by atoms with E-state index in [1.165, 1.54) is 25.2 Å². The lowest BCUT2D eigenvalue weighted by Gasteiger charge is -2.44. The summed E-state index contributed by atoms with van der Waals surface area (Å²) in [6.45, 7) is 2.79. The summed E-state index contributed by atoms with van der Waals surface area (Å²) in [5.41, 5.74) is 1.78. The number of amides is 2. The van der Waals surface area contributed by atoms with E-state index in [0.717, 1.165) is 24.8 Å². The zero-order valence-electron chi connectivity index (χ0n) is 29.3. The van der Waals surface area contributed by atoms with Gasteiger partial charge in [-0.05, 0) is 97.8 Å². The van der Waals surface area contributed by atoms with Crippen molar-refractivity contribution in [1.82, 2.24) is 4.90 Å². The molecule has 11 nitrogen and oxygen atoms in total. The van der Waals surface area contributed by atoms with Crippen LogP contribution < -0.4 is 19.5 Å². The first-order valence-corrected chi connectivity index (χ1v) is 17.1. The van der Waals surface area contributed by atoms with Gasteiger partial charge in [-0.15, -0.1) is 0 Å². The standard InChI is InChI=1S/C40H41FN2O9/c1-40(23-37(44)42-28-7-6-9-29(20-28)48-2)33-22-36(35(51-24-31-8-4-5-18-50-31)19-27(33)16-17-43(40)39(46)47)52-30-14-15-32(34(41)21-30)25-10-12-26(13-11-25)38(45)49-3/h6-7,9-15,19-22,31H,4-5,8,16-18,23-24H2,1-3H3,(H,42,44)(H,46,47)/t31?,40-/m1/s1. The minimum Gasteiger partial charge on any atom is -0.497 e. The van der Waals surface area contributed by atoms with Gasteiger partial charge >= 0.3 is 12.1 Å². The lowest BCUT2D eigenvalue weighted by molar-refractivity contribution is -0.118. The summed E-state index contributed by atoms with van der Waals surface area (Å²) in [5.74, 6) is -0.0880. The highest BCUT2D eigenvalue weighted by Gasteiger charge is 2.44. The number of hydrogen-bond donors (Lipinski definition) is 2. The number of fused-ring (bicyclic) bond motifs is 1. The molecule has 0 aromatic heterocycles. The number of esters is 1. The smallest absolute Gasteiger partial charge is 0.408 e. The number of halogens is 1. The average Bonchev–Trinajstić information content (AvgIpc) is 3.14. The zero-order chi connectivity index (χ0) is 36.8. The largest absolute Gasteiger partial charge is 0.497 e. The normalized spacial score (nSPS) is 18.2. The second kappa shape index (κ2) is 15.7. The van der Waals surface area contributed by atoms with Crippen LogP contribution in [0.4, 0.5) is 14.9 Å². The SMILES string of the molecule is COC(=O)c1ccc(-c2ccc(Oc3cc4c(cc3OCC3CCCCO3)CCN(C(=O)O)[C@]4(C)CC(=O)Nc3cccc(OC)c3)cc2F)cc1. The third-order valence-electron chi connectivity index (χ3n) is 9.52. The van der Waals surface area contributed by atoms with Crippen molar-refractivity contribution in [2.45, 2.75) is 50.7 Å². The van der Waals surface area contributed by atoms with Crippen molar-refractivity contribution in [3.8, 4) is 34.1 Å². The van der Waals surface area contributed by atoms with Gasteiger partial charge in [0.2, 0.25) is 5.91 Å².